The summed E-state index contributed by atoms with van der Waals surface area (Å²) in [6, 6.07) is 7.76. The number of benzene rings is 1. The van der Waals surface area contributed by atoms with E-state index >= 15 is 0 Å². The highest BCUT2D eigenvalue weighted by molar-refractivity contribution is 5.72. The van der Waals surface area contributed by atoms with Gasteiger partial charge in [-0.2, -0.15) is 5.10 Å². The third-order valence-electron chi connectivity index (χ3n) is 4.80. The van der Waals surface area contributed by atoms with Crippen LogP contribution in [0, 0.1) is 6.92 Å². The monoisotopic (exact) mass is 440 g/mol. The quantitative estimate of drug-likeness (QED) is 0.742. The summed E-state index contributed by atoms with van der Waals surface area (Å²) < 4.78 is 10.8. The Hall–Kier alpha value is -3.16. The van der Waals surface area contributed by atoms with Gasteiger partial charge in [0.25, 0.3) is 0 Å². The normalized spacial score (nSPS) is 13.5. The van der Waals surface area contributed by atoms with Crippen LogP contribution in [0.15, 0.2) is 24.3 Å². The molecule has 0 atom stereocenters. The molecule has 0 fully saturated rings. The number of rotatable bonds is 3. The smallest absolute Gasteiger partial charge is 0.410 e. The van der Waals surface area contributed by atoms with Crippen molar-refractivity contribution < 1.29 is 19.1 Å². The van der Waals surface area contributed by atoms with Gasteiger partial charge in [-0.1, -0.05) is 24.3 Å². The Morgan fingerprint density at radius 3 is 2.12 bits per heavy atom. The zero-order valence-corrected chi connectivity index (χ0v) is 19.9. The minimum atomic E-state index is -0.552. The summed E-state index contributed by atoms with van der Waals surface area (Å²) in [5.41, 5.74) is 4.32. The van der Waals surface area contributed by atoms with E-state index < -0.39 is 17.3 Å². The maximum absolute atomic E-state index is 12.6. The molecule has 3 rings (SSSR count). The number of nitrogens with zero attached hydrogens (tertiary/aromatic N) is 3. The average molecular weight is 441 g/mol. The van der Waals surface area contributed by atoms with Gasteiger partial charge in [-0.25, -0.2) is 9.59 Å². The van der Waals surface area contributed by atoms with Crippen molar-refractivity contribution in [1.29, 1.82) is 0 Å². The first-order valence-corrected chi connectivity index (χ1v) is 10.7. The van der Waals surface area contributed by atoms with Crippen LogP contribution in [-0.4, -0.2) is 38.5 Å². The van der Waals surface area contributed by atoms with E-state index in [4.69, 9.17) is 9.47 Å². The Balaban J connectivity index is 1.73. The van der Waals surface area contributed by atoms with Crippen LogP contribution in [0.4, 0.5) is 9.59 Å². The molecule has 1 aliphatic rings. The second-order valence-electron chi connectivity index (χ2n) is 9.98. The summed E-state index contributed by atoms with van der Waals surface area (Å²) in [7, 11) is 0. The number of aryl methyl sites for hydroxylation is 1. The van der Waals surface area contributed by atoms with Crippen LogP contribution >= 0.6 is 0 Å². The van der Waals surface area contributed by atoms with Crippen molar-refractivity contribution >= 4 is 12.2 Å². The van der Waals surface area contributed by atoms with E-state index in [1.54, 1.807) is 4.90 Å². The Morgan fingerprint density at radius 2 is 1.53 bits per heavy atom. The first-order valence-electron chi connectivity index (χ1n) is 10.7. The number of hydrogen-bond donors (Lipinski definition) is 1. The maximum Gasteiger partial charge on any atom is 0.410 e. The van der Waals surface area contributed by atoms with Gasteiger partial charge in [0, 0.05) is 23.2 Å². The standard InChI is InChI=1S/C24H32N4O4/c1-15-18-13-28(22(30)32-24(5,6)7)14-19(18)20(27-26-15)17-10-8-16(9-11-17)12-25-21(29)31-23(2,3)4/h8-11H,12-14H2,1-7H3,(H,25,29). The number of carbonyl (C=O) groups excluding carboxylic acids is 2. The van der Waals surface area contributed by atoms with E-state index in [1.807, 2.05) is 72.7 Å². The van der Waals surface area contributed by atoms with Gasteiger partial charge in [-0.05, 0) is 54.0 Å². The summed E-state index contributed by atoms with van der Waals surface area (Å²) in [5, 5.41) is 11.5. The topological polar surface area (TPSA) is 93.6 Å². The number of hydrogen-bond acceptors (Lipinski definition) is 6. The van der Waals surface area contributed by atoms with Crippen molar-refractivity contribution in [2.75, 3.05) is 0 Å². The number of alkyl carbamates (subject to hydrolysis) is 1. The molecule has 0 radical (unpaired) electrons. The molecule has 0 spiro atoms. The lowest BCUT2D eigenvalue weighted by atomic mass is 10.0. The molecule has 32 heavy (non-hydrogen) atoms. The summed E-state index contributed by atoms with van der Waals surface area (Å²) in [5.74, 6) is 0. The highest BCUT2D eigenvalue weighted by atomic mass is 16.6. The van der Waals surface area contributed by atoms with E-state index in [0.717, 1.165) is 33.6 Å². The average Bonchev–Trinajstić information content (AvgIpc) is 3.11. The fraction of sp³-hybridized carbons (Fsp3) is 0.500. The third-order valence-corrected chi connectivity index (χ3v) is 4.80. The Morgan fingerprint density at radius 1 is 0.938 bits per heavy atom. The number of carbonyl (C=O) groups is 2. The minimum absolute atomic E-state index is 0.345. The molecule has 2 amide bonds. The lowest BCUT2D eigenvalue weighted by Gasteiger charge is -2.24. The number of nitrogens with one attached hydrogen (secondary N) is 1. The SMILES string of the molecule is Cc1nnc(-c2ccc(CNC(=O)OC(C)(C)C)cc2)c2c1CN(C(=O)OC(C)(C)C)C2. The van der Waals surface area contributed by atoms with Crippen molar-refractivity contribution in [3.05, 3.63) is 46.6 Å². The van der Waals surface area contributed by atoms with Gasteiger partial charge in [-0.3, -0.25) is 4.90 Å². The van der Waals surface area contributed by atoms with Crippen LogP contribution in [0.5, 0.6) is 0 Å². The van der Waals surface area contributed by atoms with Crippen LogP contribution in [0.3, 0.4) is 0 Å². The Labute approximate surface area is 189 Å². The molecule has 0 unspecified atom stereocenters. The highest BCUT2D eigenvalue weighted by Gasteiger charge is 2.31. The molecule has 0 aliphatic carbocycles. The molecule has 0 saturated heterocycles. The van der Waals surface area contributed by atoms with Gasteiger partial charge in [0.05, 0.1) is 24.5 Å². The van der Waals surface area contributed by atoms with Gasteiger partial charge in [0.15, 0.2) is 0 Å². The second-order valence-corrected chi connectivity index (χ2v) is 9.98. The fourth-order valence-electron chi connectivity index (χ4n) is 3.38. The van der Waals surface area contributed by atoms with Crippen LogP contribution in [0.1, 0.15) is 63.9 Å². The molecule has 0 bridgehead atoms. The third kappa shape index (κ3) is 5.96. The minimum Gasteiger partial charge on any atom is -0.444 e. The molecule has 1 aliphatic heterocycles. The van der Waals surface area contributed by atoms with Gasteiger partial charge in [0.1, 0.15) is 11.2 Å². The largest absolute Gasteiger partial charge is 0.444 e. The van der Waals surface area contributed by atoms with Crippen LogP contribution in [0.25, 0.3) is 11.3 Å². The molecule has 1 N–H and O–H groups in total. The predicted molar refractivity (Wildman–Crippen MR) is 121 cm³/mol. The first-order chi connectivity index (χ1) is 14.8. The molecule has 2 heterocycles. The Kier molecular flexibility index (Phi) is 6.44. The van der Waals surface area contributed by atoms with Gasteiger partial charge >= 0.3 is 12.2 Å². The first kappa shape index (κ1) is 23.5. The lowest BCUT2D eigenvalue weighted by molar-refractivity contribution is 0.0241. The van der Waals surface area contributed by atoms with Crippen LogP contribution < -0.4 is 5.32 Å². The number of ether oxygens (including phenoxy) is 2. The van der Waals surface area contributed by atoms with Gasteiger partial charge < -0.3 is 14.8 Å². The predicted octanol–water partition coefficient (Wildman–Crippen LogP) is 4.73. The summed E-state index contributed by atoms with van der Waals surface area (Å²) in [6.07, 6.45) is -0.798. The number of amides is 2. The molecular weight excluding hydrogens is 408 g/mol. The van der Waals surface area contributed by atoms with Crippen molar-refractivity contribution in [3.8, 4) is 11.3 Å². The summed E-state index contributed by atoms with van der Waals surface area (Å²) >= 11 is 0. The second kappa shape index (κ2) is 8.76. The fourth-order valence-corrected chi connectivity index (χ4v) is 3.38. The van der Waals surface area contributed by atoms with Gasteiger partial charge in [0.2, 0.25) is 0 Å². The van der Waals surface area contributed by atoms with Crippen LogP contribution in [-0.2, 0) is 29.1 Å². The molecule has 2 aromatic rings. The van der Waals surface area contributed by atoms with E-state index in [-0.39, 0.29) is 6.09 Å². The summed E-state index contributed by atoms with van der Waals surface area (Å²) in [6.45, 7) is 14.2. The van der Waals surface area contributed by atoms with E-state index in [0.29, 0.717) is 19.6 Å². The van der Waals surface area contributed by atoms with Gasteiger partial charge in [-0.15, -0.1) is 5.10 Å². The van der Waals surface area contributed by atoms with Crippen LogP contribution in [0.2, 0.25) is 0 Å². The Bertz CT molecular complexity index is 1000. The zero-order chi connectivity index (χ0) is 23.7. The molecule has 8 nitrogen and oxygen atoms in total. The van der Waals surface area contributed by atoms with E-state index in [1.165, 1.54) is 0 Å². The number of aromatic nitrogens is 2. The zero-order valence-electron chi connectivity index (χ0n) is 19.9. The van der Waals surface area contributed by atoms with Crippen molar-refractivity contribution in [1.82, 2.24) is 20.4 Å². The molecular formula is C24H32N4O4. The van der Waals surface area contributed by atoms with Crippen molar-refractivity contribution in [3.63, 3.8) is 0 Å². The molecule has 8 heteroatoms. The van der Waals surface area contributed by atoms with Crippen molar-refractivity contribution in [2.24, 2.45) is 0 Å². The molecule has 1 aromatic heterocycles. The lowest BCUT2D eigenvalue weighted by Crippen LogP contribution is -2.33. The summed E-state index contributed by atoms with van der Waals surface area (Å²) in [4.78, 5) is 26.1. The van der Waals surface area contributed by atoms with E-state index in [9.17, 15) is 9.59 Å². The number of fused-ring (bicyclic) bond motifs is 1. The van der Waals surface area contributed by atoms with Crippen molar-refractivity contribution in [2.45, 2.75) is 79.3 Å². The highest BCUT2D eigenvalue weighted by Crippen LogP contribution is 2.33. The molecule has 172 valence electrons. The maximum atomic E-state index is 12.6. The molecule has 0 saturated carbocycles. The van der Waals surface area contributed by atoms with E-state index in [2.05, 4.69) is 15.5 Å². The molecule has 1 aromatic carbocycles.